The second-order valence-corrected chi connectivity index (χ2v) is 4.47. The molecule has 4 heteroatoms. The summed E-state index contributed by atoms with van der Waals surface area (Å²) in [6.07, 6.45) is 0.0380. The number of fused-ring (bicyclic) bond motifs is 1. The molecule has 2 aromatic rings. The summed E-state index contributed by atoms with van der Waals surface area (Å²) in [5.41, 5.74) is 0.841. The maximum Gasteiger partial charge on any atom is 0.134 e. The molecule has 0 saturated heterocycles. The Morgan fingerprint density at radius 1 is 1.35 bits per heavy atom. The third-order valence-electron chi connectivity index (χ3n) is 2.96. The van der Waals surface area contributed by atoms with Gasteiger partial charge in [0, 0.05) is 17.5 Å². The molecule has 1 N–H and O–H groups in total. The molecule has 1 aromatic carbocycles. The fraction of sp³-hybridized carbons (Fsp3) is 0.385. The van der Waals surface area contributed by atoms with Crippen molar-refractivity contribution >= 4 is 22.6 Å². The van der Waals surface area contributed by atoms with Crippen LogP contribution in [0.2, 0.25) is 5.02 Å². The first-order valence-electron chi connectivity index (χ1n) is 5.54. The highest BCUT2D eigenvalue weighted by Gasteiger charge is 2.21. The molecule has 0 spiro atoms. The van der Waals surface area contributed by atoms with Crippen molar-refractivity contribution in [3.63, 3.8) is 0 Å². The van der Waals surface area contributed by atoms with Crippen LogP contribution >= 0.6 is 11.6 Å². The SMILES string of the molecule is CNC(c1cc2cc(Cl)ccc2o1)C(C)OC. The number of benzene rings is 1. The fourth-order valence-corrected chi connectivity index (χ4v) is 2.11. The van der Waals surface area contributed by atoms with Crippen molar-refractivity contribution in [2.75, 3.05) is 14.2 Å². The Bertz CT molecular complexity index is 509. The molecule has 92 valence electrons. The topological polar surface area (TPSA) is 34.4 Å². The van der Waals surface area contributed by atoms with E-state index in [9.17, 15) is 0 Å². The Morgan fingerprint density at radius 3 is 2.76 bits per heavy atom. The Kier molecular flexibility index (Phi) is 3.72. The van der Waals surface area contributed by atoms with Crippen molar-refractivity contribution in [3.05, 3.63) is 35.0 Å². The number of likely N-dealkylation sites (N-methyl/N-ethyl adjacent to an activating group) is 1. The highest BCUT2D eigenvalue weighted by atomic mass is 35.5. The lowest BCUT2D eigenvalue weighted by molar-refractivity contribution is 0.0788. The first-order valence-corrected chi connectivity index (χ1v) is 5.92. The highest BCUT2D eigenvalue weighted by Crippen LogP contribution is 2.28. The normalized spacial score (nSPS) is 15.1. The summed E-state index contributed by atoms with van der Waals surface area (Å²) in [5, 5.41) is 4.92. The lowest BCUT2D eigenvalue weighted by Crippen LogP contribution is -2.28. The van der Waals surface area contributed by atoms with E-state index in [4.69, 9.17) is 20.8 Å². The second kappa shape index (κ2) is 5.08. The van der Waals surface area contributed by atoms with Crippen LogP contribution in [0.15, 0.2) is 28.7 Å². The van der Waals surface area contributed by atoms with E-state index in [-0.39, 0.29) is 12.1 Å². The number of hydrogen-bond donors (Lipinski definition) is 1. The predicted octanol–water partition coefficient (Wildman–Crippen LogP) is 3.38. The largest absolute Gasteiger partial charge is 0.459 e. The number of furan rings is 1. The monoisotopic (exact) mass is 253 g/mol. The van der Waals surface area contributed by atoms with Crippen molar-refractivity contribution in [3.8, 4) is 0 Å². The van der Waals surface area contributed by atoms with Gasteiger partial charge in [-0.3, -0.25) is 0 Å². The average Bonchev–Trinajstić information content (AvgIpc) is 2.72. The van der Waals surface area contributed by atoms with Crippen molar-refractivity contribution in [2.45, 2.75) is 19.1 Å². The first kappa shape index (κ1) is 12.4. The highest BCUT2D eigenvalue weighted by molar-refractivity contribution is 6.31. The number of halogens is 1. The van der Waals surface area contributed by atoms with Crippen LogP contribution in [-0.4, -0.2) is 20.3 Å². The Hall–Kier alpha value is -1.03. The van der Waals surface area contributed by atoms with Crippen LogP contribution in [0.4, 0.5) is 0 Å². The van der Waals surface area contributed by atoms with Crippen molar-refractivity contribution in [1.82, 2.24) is 5.32 Å². The van der Waals surface area contributed by atoms with Gasteiger partial charge in [0.1, 0.15) is 11.3 Å². The summed E-state index contributed by atoms with van der Waals surface area (Å²) in [4.78, 5) is 0. The lowest BCUT2D eigenvalue weighted by atomic mass is 10.1. The zero-order valence-electron chi connectivity index (χ0n) is 10.2. The quantitative estimate of drug-likeness (QED) is 0.907. The molecule has 1 heterocycles. The van der Waals surface area contributed by atoms with E-state index in [0.29, 0.717) is 5.02 Å². The molecule has 0 fully saturated rings. The van der Waals surface area contributed by atoms with Crippen molar-refractivity contribution in [1.29, 1.82) is 0 Å². The van der Waals surface area contributed by atoms with Gasteiger partial charge in [-0.15, -0.1) is 0 Å². The van der Waals surface area contributed by atoms with Crippen LogP contribution in [0.5, 0.6) is 0 Å². The van der Waals surface area contributed by atoms with Gasteiger partial charge in [0.25, 0.3) is 0 Å². The van der Waals surface area contributed by atoms with Crippen LogP contribution in [0.1, 0.15) is 18.7 Å². The average molecular weight is 254 g/mol. The first-order chi connectivity index (χ1) is 8.15. The number of ether oxygens (including phenoxy) is 1. The van der Waals surface area contributed by atoms with Gasteiger partial charge in [0.05, 0.1) is 12.1 Å². The van der Waals surface area contributed by atoms with E-state index in [1.54, 1.807) is 7.11 Å². The zero-order chi connectivity index (χ0) is 12.4. The third-order valence-corrected chi connectivity index (χ3v) is 3.19. The zero-order valence-corrected chi connectivity index (χ0v) is 10.9. The van der Waals surface area contributed by atoms with Crippen LogP contribution in [0.3, 0.4) is 0 Å². The molecule has 2 atom stereocenters. The Morgan fingerprint density at radius 2 is 2.12 bits per heavy atom. The lowest BCUT2D eigenvalue weighted by Gasteiger charge is -2.19. The summed E-state index contributed by atoms with van der Waals surface area (Å²) in [6.45, 7) is 2.00. The molecule has 0 amide bonds. The van der Waals surface area contributed by atoms with Gasteiger partial charge in [-0.05, 0) is 38.2 Å². The summed E-state index contributed by atoms with van der Waals surface area (Å²) in [5.74, 6) is 0.860. The van der Waals surface area contributed by atoms with Crippen molar-refractivity contribution in [2.24, 2.45) is 0 Å². The maximum absolute atomic E-state index is 5.95. The molecule has 1 aromatic heterocycles. The van der Waals surface area contributed by atoms with Gasteiger partial charge in [-0.2, -0.15) is 0 Å². The van der Waals surface area contributed by atoms with E-state index in [1.807, 2.05) is 38.2 Å². The molecule has 17 heavy (non-hydrogen) atoms. The molecule has 3 nitrogen and oxygen atoms in total. The van der Waals surface area contributed by atoms with Gasteiger partial charge in [0.15, 0.2) is 0 Å². The molecule has 0 aliphatic heterocycles. The van der Waals surface area contributed by atoms with E-state index < -0.39 is 0 Å². The van der Waals surface area contributed by atoms with E-state index in [1.165, 1.54) is 0 Å². The van der Waals surface area contributed by atoms with Gasteiger partial charge < -0.3 is 14.5 Å². The summed E-state index contributed by atoms with van der Waals surface area (Å²) < 4.78 is 11.1. The molecule has 2 unspecified atom stereocenters. The fourth-order valence-electron chi connectivity index (χ4n) is 1.93. The molecular weight excluding hydrogens is 238 g/mol. The number of hydrogen-bond acceptors (Lipinski definition) is 3. The third kappa shape index (κ3) is 2.46. The van der Waals surface area contributed by atoms with Gasteiger partial charge in [0.2, 0.25) is 0 Å². The standard InChI is InChI=1S/C13H16ClNO2/c1-8(16-3)13(15-2)12-7-9-6-10(14)4-5-11(9)17-12/h4-8,13,15H,1-3H3. The minimum atomic E-state index is 0.0335. The van der Waals surface area contributed by atoms with Gasteiger partial charge >= 0.3 is 0 Å². The van der Waals surface area contributed by atoms with Crippen LogP contribution in [-0.2, 0) is 4.74 Å². The van der Waals surface area contributed by atoms with Crippen LogP contribution < -0.4 is 5.32 Å². The minimum Gasteiger partial charge on any atom is -0.459 e. The number of methoxy groups -OCH3 is 1. The number of nitrogens with one attached hydrogen (secondary N) is 1. The molecular formula is C13H16ClNO2. The van der Waals surface area contributed by atoms with Crippen molar-refractivity contribution < 1.29 is 9.15 Å². The molecule has 2 rings (SSSR count). The molecule has 0 bridgehead atoms. The smallest absolute Gasteiger partial charge is 0.134 e. The van der Waals surface area contributed by atoms with Crippen LogP contribution in [0.25, 0.3) is 11.0 Å². The second-order valence-electron chi connectivity index (χ2n) is 4.04. The summed E-state index contributed by atoms with van der Waals surface area (Å²) in [7, 11) is 3.58. The molecule has 0 aliphatic rings. The maximum atomic E-state index is 5.95. The van der Waals surface area contributed by atoms with Gasteiger partial charge in [-0.25, -0.2) is 0 Å². The Balaban J connectivity index is 2.41. The molecule has 0 radical (unpaired) electrons. The summed E-state index contributed by atoms with van der Waals surface area (Å²) >= 11 is 5.95. The van der Waals surface area contributed by atoms with Gasteiger partial charge in [-0.1, -0.05) is 11.6 Å². The van der Waals surface area contributed by atoms with Crippen LogP contribution in [0, 0.1) is 0 Å². The van der Waals surface area contributed by atoms with E-state index >= 15 is 0 Å². The minimum absolute atomic E-state index is 0.0335. The molecule has 0 aliphatic carbocycles. The molecule has 0 saturated carbocycles. The summed E-state index contributed by atoms with van der Waals surface area (Å²) in [6, 6.07) is 7.63. The van der Waals surface area contributed by atoms with E-state index in [2.05, 4.69) is 5.32 Å². The number of rotatable bonds is 4. The Labute approximate surface area is 106 Å². The van der Waals surface area contributed by atoms with E-state index in [0.717, 1.165) is 16.7 Å². The predicted molar refractivity (Wildman–Crippen MR) is 69.5 cm³/mol.